The quantitative estimate of drug-likeness (QED) is 0.510. The molecule has 0 radical (unpaired) electrons. The van der Waals surface area contributed by atoms with E-state index in [2.05, 4.69) is 15.8 Å². The van der Waals surface area contributed by atoms with Crippen molar-refractivity contribution in [1.29, 1.82) is 0 Å². The van der Waals surface area contributed by atoms with Crippen LogP contribution in [0, 0.1) is 11.6 Å². The largest absolute Gasteiger partial charge is 0.359 e. The van der Waals surface area contributed by atoms with Gasteiger partial charge in [0.1, 0.15) is 11.6 Å². The molecule has 2 N–H and O–H groups in total. The van der Waals surface area contributed by atoms with Crippen LogP contribution >= 0.6 is 12.2 Å². The lowest BCUT2D eigenvalue weighted by molar-refractivity contribution is 0.412. The SMILES string of the molecule is CC(=NNC(=S)NC1CCCCC1)c1c(F)cccc1F. The summed E-state index contributed by atoms with van der Waals surface area (Å²) in [5.74, 6) is -1.27. The molecule has 114 valence electrons. The fraction of sp³-hybridized carbons (Fsp3) is 0.467. The van der Waals surface area contributed by atoms with Crippen LogP contribution in [0.3, 0.4) is 0 Å². The van der Waals surface area contributed by atoms with Crippen LogP contribution in [0.2, 0.25) is 0 Å². The van der Waals surface area contributed by atoms with Crippen molar-refractivity contribution in [3.8, 4) is 0 Å². The Balaban J connectivity index is 1.95. The number of benzene rings is 1. The van der Waals surface area contributed by atoms with Crippen LogP contribution in [0.15, 0.2) is 23.3 Å². The molecule has 1 aromatic rings. The monoisotopic (exact) mass is 311 g/mol. The van der Waals surface area contributed by atoms with Crippen LogP contribution in [0.5, 0.6) is 0 Å². The van der Waals surface area contributed by atoms with E-state index in [9.17, 15) is 8.78 Å². The van der Waals surface area contributed by atoms with Crippen LogP contribution in [0.4, 0.5) is 8.78 Å². The molecule has 0 atom stereocenters. The van der Waals surface area contributed by atoms with Gasteiger partial charge >= 0.3 is 0 Å². The second kappa shape index (κ2) is 7.45. The third-order valence-corrected chi connectivity index (χ3v) is 3.80. The Morgan fingerprint density at radius 2 is 1.81 bits per heavy atom. The molecular formula is C15H19F2N3S. The van der Waals surface area contributed by atoms with Crippen molar-refractivity contribution in [2.45, 2.75) is 45.1 Å². The standard InChI is InChI=1S/C15H19F2N3S/c1-10(14-12(16)8-5-9-13(14)17)19-20-15(21)18-11-6-3-2-4-7-11/h5,8-9,11H,2-4,6-7H2,1H3,(H2,18,20,21). The molecule has 0 aliphatic heterocycles. The molecule has 0 saturated heterocycles. The van der Waals surface area contributed by atoms with Gasteiger partial charge in [-0.1, -0.05) is 25.3 Å². The van der Waals surface area contributed by atoms with Crippen LogP contribution < -0.4 is 10.7 Å². The third kappa shape index (κ3) is 4.46. The van der Waals surface area contributed by atoms with Crippen LogP contribution in [-0.2, 0) is 0 Å². The highest BCUT2D eigenvalue weighted by Gasteiger charge is 2.14. The molecule has 1 saturated carbocycles. The maximum atomic E-state index is 13.6. The Labute approximate surface area is 128 Å². The summed E-state index contributed by atoms with van der Waals surface area (Å²) in [6.07, 6.45) is 5.84. The molecule has 0 bridgehead atoms. The van der Waals surface area contributed by atoms with Crippen LogP contribution in [0.25, 0.3) is 0 Å². The van der Waals surface area contributed by atoms with Crippen LogP contribution in [-0.4, -0.2) is 16.9 Å². The average Bonchev–Trinajstić information content (AvgIpc) is 2.46. The molecule has 0 spiro atoms. The van der Waals surface area contributed by atoms with Gasteiger partial charge in [-0.2, -0.15) is 5.10 Å². The number of halogens is 2. The van der Waals surface area contributed by atoms with E-state index in [1.54, 1.807) is 0 Å². The lowest BCUT2D eigenvalue weighted by Crippen LogP contribution is -2.41. The van der Waals surface area contributed by atoms with E-state index in [1.807, 2.05) is 0 Å². The van der Waals surface area contributed by atoms with E-state index in [-0.39, 0.29) is 11.3 Å². The first-order chi connectivity index (χ1) is 10.1. The fourth-order valence-corrected chi connectivity index (χ4v) is 2.71. The second-order valence-electron chi connectivity index (χ2n) is 5.21. The Bertz CT molecular complexity index is 519. The van der Waals surface area contributed by atoms with Gasteiger partial charge in [-0.05, 0) is 44.1 Å². The molecular weight excluding hydrogens is 292 g/mol. The minimum atomic E-state index is -0.635. The minimum absolute atomic E-state index is 0.134. The smallest absolute Gasteiger partial charge is 0.187 e. The highest BCUT2D eigenvalue weighted by molar-refractivity contribution is 7.80. The molecule has 2 rings (SSSR count). The first-order valence-corrected chi connectivity index (χ1v) is 7.54. The predicted octanol–water partition coefficient (Wildman–Crippen LogP) is 3.49. The summed E-state index contributed by atoms with van der Waals surface area (Å²) in [4.78, 5) is 0. The highest BCUT2D eigenvalue weighted by Crippen LogP contribution is 2.17. The van der Waals surface area contributed by atoms with E-state index >= 15 is 0 Å². The zero-order valence-corrected chi connectivity index (χ0v) is 12.8. The zero-order chi connectivity index (χ0) is 15.2. The normalized spacial score (nSPS) is 16.6. The molecule has 1 aliphatic carbocycles. The summed E-state index contributed by atoms with van der Waals surface area (Å²) in [6.45, 7) is 1.54. The number of hydrazone groups is 1. The summed E-state index contributed by atoms with van der Waals surface area (Å²) >= 11 is 5.15. The number of rotatable bonds is 3. The van der Waals surface area contributed by atoms with Crippen molar-refractivity contribution in [3.63, 3.8) is 0 Å². The Hall–Kier alpha value is -1.56. The van der Waals surface area contributed by atoms with E-state index in [1.165, 1.54) is 44.4 Å². The number of nitrogens with zero attached hydrogens (tertiary/aromatic N) is 1. The molecule has 0 unspecified atom stereocenters. The first-order valence-electron chi connectivity index (χ1n) is 7.13. The fourth-order valence-electron chi connectivity index (χ4n) is 2.50. The van der Waals surface area contributed by atoms with Gasteiger partial charge < -0.3 is 5.32 Å². The summed E-state index contributed by atoms with van der Waals surface area (Å²) < 4.78 is 27.2. The van der Waals surface area contributed by atoms with Gasteiger partial charge in [0.05, 0.1) is 11.3 Å². The van der Waals surface area contributed by atoms with Gasteiger partial charge in [-0.15, -0.1) is 0 Å². The molecule has 21 heavy (non-hydrogen) atoms. The van der Waals surface area contributed by atoms with Gasteiger partial charge in [0.2, 0.25) is 0 Å². The van der Waals surface area contributed by atoms with Crippen molar-refractivity contribution in [3.05, 3.63) is 35.4 Å². The summed E-state index contributed by atoms with van der Waals surface area (Å²) in [5, 5.41) is 7.53. The van der Waals surface area contributed by atoms with Gasteiger partial charge in [-0.3, -0.25) is 5.43 Å². The number of thiocarbonyl (C=S) groups is 1. The maximum absolute atomic E-state index is 13.6. The summed E-state index contributed by atoms with van der Waals surface area (Å²) in [7, 11) is 0. The minimum Gasteiger partial charge on any atom is -0.359 e. The Morgan fingerprint density at radius 1 is 1.19 bits per heavy atom. The van der Waals surface area contributed by atoms with E-state index in [0.717, 1.165) is 12.8 Å². The van der Waals surface area contributed by atoms with E-state index in [0.29, 0.717) is 11.2 Å². The number of hydrogen-bond acceptors (Lipinski definition) is 2. The summed E-state index contributed by atoms with van der Waals surface area (Å²) in [6, 6.07) is 4.09. The highest BCUT2D eigenvalue weighted by atomic mass is 32.1. The topological polar surface area (TPSA) is 36.4 Å². The van der Waals surface area contributed by atoms with Gasteiger partial charge in [0.25, 0.3) is 0 Å². The first kappa shape index (κ1) is 15.8. The van der Waals surface area contributed by atoms with Crippen molar-refractivity contribution < 1.29 is 8.78 Å². The molecule has 1 aliphatic rings. The molecule has 0 heterocycles. The van der Waals surface area contributed by atoms with E-state index in [4.69, 9.17) is 12.2 Å². The van der Waals surface area contributed by atoms with Crippen molar-refractivity contribution in [2.24, 2.45) is 5.10 Å². The lowest BCUT2D eigenvalue weighted by atomic mass is 9.96. The van der Waals surface area contributed by atoms with Crippen molar-refractivity contribution in [1.82, 2.24) is 10.7 Å². The maximum Gasteiger partial charge on any atom is 0.187 e. The Morgan fingerprint density at radius 3 is 2.43 bits per heavy atom. The van der Waals surface area contributed by atoms with Gasteiger partial charge in [0, 0.05) is 6.04 Å². The number of nitrogens with one attached hydrogen (secondary N) is 2. The van der Waals surface area contributed by atoms with Crippen LogP contribution in [0.1, 0.15) is 44.6 Å². The molecule has 0 aromatic heterocycles. The zero-order valence-electron chi connectivity index (χ0n) is 12.0. The van der Waals surface area contributed by atoms with Crippen molar-refractivity contribution >= 4 is 23.0 Å². The van der Waals surface area contributed by atoms with Crippen molar-refractivity contribution in [2.75, 3.05) is 0 Å². The third-order valence-electron chi connectivity index (χ3n) is 3.59. The Kier molecular flexibility index (Phi) is 5.61. The summed E-state index contributed by atoms with van der Waals surface area (Å²) in [5.41, 5.74) is 2.74. The molecule has 6 heteroatoms. The predicted molar refractivity (Wildman–Crippen MR) is 84.3 cm³/mol. The lowest BCUT2D eigenvalue weighted by Gasteiger charge is -2.23. The van der Waals surface area contributed by atoms with E-state index < -0.39 is 11.6 Å². The molecule has 0 amide bonds. The second-order valence-corrected chi connectivity index (χ2v) is 5.62. The van der Waals surface area contributed by atoms with Gasteiger partial charge in [-0.25, -0.2) is 8.78 Å². The molecule has 1 fully saturated rings. The molecule has 3 nitrogen and oxygen atoms in total. The molecule has 1 aromatic carbocycles. The number of hydrogen-bond donors (Lipinski definition) is 2. The van der Waals surface area contributed by atoms with Gasteiger partial charge in [0.15, 0.2) is 5.11 Å². The average molecular weight is 311 g/mol.